The van der Waals surface area contributed by atoms with E-state index in [-0.39, 0.29) is 24.2 Å². The molecular weight excluding hydrogens is 288 g/mol. The minimum absolute atomic E-state index is 0. The average molecular weight is 311 g/mol. The number of anilines is 2. The lowest BCUT2D eigenvalue weighted by atomic mass is 9.97. The third-order valence-electron chi connectivity index (χ3n) is 4.16. The van der Waals surface area contributed by atoms with E-state index in [1.165, 1.54) is 12.8 Å². The Bertz CT molecular complexity index is 453. The van der Waals surface area contributed by atoms with Gasteiger partial charge in [-0.15, -0.1) is 12.4 Å². The van der Waals surface area contributed by atoms with Crippen LogP contribution < -0.4 is 15.5 Å². The van der Waals surface area contributed by atoms with Gasteiger partial charge in [-0.2, -0.15) is 0 Å². The SMILES string of the molecule is Cl.O=C(Nc1ccc(N2CCCC2)nc1)C1CCNCC1. The summed E-state index contributed by atoms with van der Waals surface area (Å²) >= 11 is 0. The van der Waals surface area contributed by atoms with Crippen LogP contribution in [0.4, 0.5) is 11.5 Å². The highest BCUT2D eigenvalue weighted by molar-refractivity contribution is 5.92. The zero-order chi connectivity index (χ0) is 13.8. The van der Waals surface area contributed by atoms with Gasteiger partial charge in [0.05, 0.1) is 11.9 Å². The molecule has 0 aliphatic carbocycles. The first-order valence-electron chi connectivity index (χ1n) is 7.55. The van der Waals surface area contributed by atoms with Crippen molar-refractivity contribution in [3.8, 4) is 0 Å². The van der Waals surface area contributed by atoms with Crippen molar-refractivity contribution < 1.29 is 4.79 Å². The summed E-state index contributed by atoms with van der Waals surface area (Å²) in [5, 5.41) is 6.26. The minimum Gasteiger partial charge on any atom is -0.357 e. The molecule has 0 aromatic carbocycles. The van der Waals surface area contributed by atoms with Crippen LogP contribution in [0.15, 0.2) is 18.3 Å². The molecule has 0 saturated carbocycles. The molecule has 21 heavy (non-hydrogen) atoms. The molecule has 116 valence electrons. The van der Waals surface area contributed by atoms with Crippen molar-refractivity contribution in [3.63, 3.8) is 0 Å². The van der Waals surface area contributed by atoms with Gasteiger partial charge in [-0.25, -0.2) is 4.98 Å². The summed E-state index contributed by atoms with van der Waals surface area (Å²) in [5.74, 6) is 1.28. The topological polar surface area (TPSA) is 57.3 Å². The van der Waals surface area contributed by atoms with Gasteiger partial charge in [0.1, 0.15) is 5.82 Å². The normalized spacial score (nSPS) is 19.1. The largest absolute Gasteiger partial charge is 0.357 e. The second-order valence-electron chi connectivity index (χ2n) is 5.61. The van der Waals surface area contributed by atoms with Crippen LogP contribution in [-0.2, 0) is 4.79 Å². The van der Waals surface area contributed by atoms with E-state index in [4.69, 9.17) is 0 Å². The maximum atomic E-state index is 12.1. The first-order valence-corrected chi connectivity index (χ1v) is 7.55. The molecule has 5 nitrogen and oxygen atoms in total. The number of carbonyl (C=O) groups is 1. The lowest BCUT2D eigenvalue weighted by Crippen LogP contribution is -2.34. The second kappa shape index (κ2) is 7.61. The van der Waals surface area contributed by atoms with E-state index in [9.17, 15) is 4.79 Å². The highest BCUT2D eigenvalue weighted by atomic mass is 35.5. The molecule has 0 spiro atoms. The van der Waals surface area contributed by atoms with E-state index >= 15 is 0 Å². The molecule has 6 heteroatoms. The number of halogens is 1. The van der Waals surface area contributed by atoms with Crippen LogP contribution >= 0.6 is 12.4 Å². The van der Waals surface area contributed by atoms with Crippen LogP contribution in [-0.4, -0.2) is 37.1 Å². The zero-order valence-electron chi connectivity index (χ0n) is 12.2. The van der Waals surface area contributed by atoms with Gasteiger partial charge in [-0.05, 0) is 50.9 Å². The molecule has 2 aliphatic rings. The molecule has 0 unspecified atom stereocenters. The molecular formula is C15H23ClN4O. The van der Waals surface area contributed by atoms with Crippen LogP contribution in [0.25, 0.3) is 0 Å². The van der Waals surface area contributed by atoms with Crippen LogP contribution in [0.3, 0.4) is 0 Å². The Morgan fingerprint density at radius 1 is 1.24 bits per heavy atom. The van der Waals surface area contributed by atoms with Gasteiger partial charge in [0, 0.05) is 19.0 Å². The summed E-state index contributed by atoms with van der Waals surface area (Å²) < 4.78 is 0. The Morgan fingerprint density at radius 3 is 2.57 bits per heavy atom. The molecule has 1 aromatic rings. The first kappa shape index (κ1) is 16.0. The smallest absolute Gasteiger partial charge is 0.227 e. The standard InChI is InChI=1S/C15H22N4O.ClH/c20-15(12-5-7-16-8-6-12)18-13-3-4-14(17-11-13)19-9-1-2-10-19;/h3-4,11-12,16H,1-2,5-10H2,(H,18,20);1H. The van der Waals surface area contributed by atoms with E-state index < -0.39 is 0 Å². The van der Waals surface area contributed by atoms with Crippen molar-refractivity contribution in [3.05, 3.63) is 18.3 Å². The quantitative estimate of drug-likeness (QED) is 0.897. The second-order valence-corrected chi connectivity index (χ2v) is 5.61. The predicted molar refractivity (Wildman–Crippen MR) is 87.2 cm³/mol. The molecule has 3 rings (SSSR count). The zero-order valence-corrected chi connectivity index (χ0v) is 13.0. The van der Waals surface area contributed by atoms with Gasteiger partial charge in [-0.3, -0.25) is 4.79 Å². The highest BCUT2D eigenvalue weighted by Gasteiger charge is 2.21. The number of pyridine rings is 1. The Morgan fingerprint density at radius 2 is 1.95 bits per heavy atom. The molecule has 2 fully saturated rings. The van der Waals surface area contributed by atoms with Gasteiger partial charge in [0.2, 0.25) is 5.91 Å². The van der Waals surface area contributed by atoms with E-state index in [1.807, 2.05) is 12.1 Å². The Kier molecular flexibility index (Phi) is 5.82. The summed E-state index contributed by atoms with van der Waals surface area (Å²) in [6, 6.07) is 3.96. The van der Waals surface area contributed by atoms with Crippen LogP contribution in [0.1, 0.15) is 25.7 Å². The van der Waals surface area contributed by atoms with Crippen molar-refractivity contribution in [1.29, 1.82) is 0 Å². The van der Waals surface area contributed by atoms with Crippen molar-refractivity contribution in [2.75, 3.05) is 36.4 Å². The molecule has 2 saturated heterocycles. The molecule has 1 aromatic heterocycles. The first-order chi connectivity index (χ1) is 9.83. The third-order valence-corrected chi connectivity index (χ3v) is 4.16. The predicted octanol–water partition coefficient (Wildman–Crippen LogP) is 2.04. The van der Waals surface area contributed by atoms with Crippen LogP contribution in [0, 0.1) is 5.92 Å². The van der Waals surface area contributed by atoms with Crippen LogP contribution in [0.5, 0.6) is 0 Å². The monoisotopic (exact) mass is 310 g/mol. The van der Waals surface area contributed by atoms with Gasteiger partial charge < -0.3 is 15.5 Å². The van der Waals surface area contributed by atoms with E-state index in [0.29, 0.717) is 0 Å². The summed E-state index contributed by atoms with van der Waals surface area (Å²) in [5.41, 5.74) is 0.802. The molecule has 2 N–H and O–H groups in total. The summed E-state index contributed by atoms with van der Waals surface area (Å²) in [6.07, 6.45) is 6.11. The van der Waals surface area contributed by atoms with Gasteiger partial charge in [0.15, 0.2) is 0 Å². The maximum Gasteiger partial charge on any atom is 0.227 e. The number of hydrogen-bond acceptors (Lipinski definition) is 4. The number of rotatable bonds is 3. The van der Waals surface area contributed by atoms with E-state index in [2.05, 4.69) is 20.5 Å². The van der Waals surface area contributed by atoms with Gasteiger partial charge >= 0.3 is 0 Å². The number of hydrogen-bond donors (Lipinski definition) is 2. The van der Waals surface area contributed by atoms with E-state index in [0.717, 1.165) is 50.5 Å². The highest BCUT2D eigenvalue weighted by Crippen LogP contribution is 2.20. The fourth-order valence-corrected chi connectivity index (χ4v) is 2.92. The molecule has 0 atom stereocenters. The Hall–Kier alpha value is -1.33. The molecule has 0 radical (unpaired) electrons. The number of aromatic nitrogens is 1. The van der Waals surface area contributed by atoms with Crippen LogP contribution in [0.2, 0.25) is 0 Å². The fraction of sp³-hybridized carbons (Fsp3) is 0.600. The number of nitrogens with one attached hydrogen (secondary N) is 2. The summed E-state index contributed by atoms with van der Waals surface area (Å²) in [4.78, 5) is 18.9. The minimum atomic E-state index is 0. The molecule has 2 aliphatic heterocycles. The summed E-state index contributed by atoms with van der Waals surface area (Å²) in [6.45, 7) is 4.05. The number of carbonyl (C=O) groups excluding carboxylic acids is 1. The van der Waals surface area contributed by atoms with Gasteiger partial charge in [-0.1, -0.05) is 0 Å². The van der Waals surface area contributed by atoms with E-state index in [1.54, 1.807) is 6.20 Å². The van der Waals surface area contributed by atoms with Gasteiger partial charge in [0.25, 0.3) is 0 Å². The number of nitrogens with zero attached hydrogens (tertiary/aromatic N) is 2. The lowest BCUT2D eigenvalue weighted by molar-refractivity contribution is -0.120. The average Bonchev–Trinajstić information content (AvgIpc) is 3.03. The fourth-order valence-electron chi connectivity index (χ4n) is 2.92. The lowest BCUT2D eigenvalue weighted by Gasteiger charge is -2.22. The maximum absolute atomic E-state index is 12.1. The molecule has 1 amide bonds. The van der Waals surface area contributed by atoms with Crippen molar-refractivity contribution >= 4 is 29.8 Å². The Labute approximate surface area is 131 Å². The summed E-state index contributed by atoms with van der Waals surface area (Å²) in [7, 11) is 0. The third kappa shape index (κ3) is 4.08. The molecule has 3 heterocycles. The number of piperidine rings is 1. The molecule has 0 bridgehead atoms. The van der Waals surface area contributed by atoms with Crippen molar-refractivity contribution in [1.82, 2.24) is 10.3 Å². The Balaban J connectivity index is 0.00000161. The van der Waals surface area contributed by atoms with Crippen molar-refractivity contribution in [2.24, 2.45) is 5.92 Å². The number of amides is 1. The van der Waals surface area contributed by atoms with Crippen molar-refractivity contribution in [2.45, 2.75) is 25.7 Å².